The molecule has 2 N–H and O–H groups in total. The molecule has 2 heterocycles. The van der Waals surface area contributed by atoms with Crippen molar-refractivity contribution in [1.29, 1.82) is 0 Å². The maximum atomic E-state index is 12.4. The molecule has 0 spiro atoms. The molecule has 2 aliphatic heterocycles. The lowest BCUT2D eigenvalue weighted by atomic mass is 10.1. The minimum atomic E-state index is 0.270. The van der Waals surface area contributed by atoms with E-state index in [1.807, 2.05) is 18.0 Å². The average molecular weight is 415 g/mol. The van der Waals surface area contributed by atoms with Crippen LogP contribution in [0.4, 0.5) is 0 Å². The molecule has 3 rings (SSSR count). The fourth-order valence-corrected chi connectivity index (χ4v) is 4.23. The first-order valence-corrected chi connectivity index (χ1v) is 11.3. The third-order valence-electron chi connectivity index (χ3n) is 6.12. The fraction of sp³-hybridized carbons (Fsp3) is 0.652. The number of likely N-dealkylation sites (tertiary alicyclic amines) is 1. The van der Waals surface area contributed by atoms with E-state index in [0.29, 0.717) is 12.3 Å². The van der Waals surface area contributed by atoms with E-state index in [4.69, 9.17) is 0 Å². The van der Waals surface area contributed by atoms with Gasteiger partial charge in [-0.2, -0.15) is 0 Å². The van der Waals surface area contributed by atoms with Crippen LogP contribution < -0.4 is 10.6 Å². The van der Waals surface area contributed by atoms with Gasteiger partial charge in [-0.05, 0) is 38.5 Å². The molecule has 2 aliphatic rings. The number of rotatable bonds is 8. The number of carbonyl (C=O) groups excluding carboxylic acids is 1. The molecule has 30 heavy (non-hydrogen) atoms. The van der Waals surface area contributed by atoms with Gasteiger partial charge in [-0.3, -0.25) is 9.79 Å². The molecule has 1 aromatic rings. The SMILES string of the molecule is CN=C(NCCN1CCCN(C)CC1)NCC1CC(=O)N(CCc2ccccc2)C1. The summed E-state index contributed by atoms with van der Waals surface area (Å²) in [6.45, 7) is 8.96. The van der Waals surface area contributed by atoms with Gasteiger partial charge in [0, 0.05) is 65.2 Å². The summed E-state index contributed by atoms with van der Waals surface area (Å²) in [6.07, 6.45) is 2.78. The Balaban J connectivity index is 1.33. The highest BCUT2D eigenvalue weighted by Crippen LogP contribution is 2.17. The largest absolute Gasteiger partial charge is 0.356 e. The topological polar surface area (TPSA) is 63.2 Å². The highest BCUT2D eigenvalue weighted by atomic mass is 16.2. The van der Waals surface area contributed by atoms with E-state index < -0.39 is 0 Å². The van der Waals surface area contributed by atoms with Crippen molar-refractivity contribution in [3.8, 4) is 0 Å². The third kappa shape index (κ3) is 7.29. The molecule has 2 saturated heterocycles. The first-order chi connectivity index (χ1) is 14.6. The van der Waals surface area contributed by atoms with E-state index in [1.54, 1.807) is 0 Å². The Morgan fingerprint density at radius 3 is 2.73 bits per heavy atom. The van der Waals surface area contributed by atoms with Gasteiger partial charge < -0.3 is 25.3 Å². The molecule has 1 unspecified atom stereocenters. The first kappa shape index (κ1) is 22.6. The zero-order valence-corrected chi connectivity index (χ0v) is 18.6. The summed E-state index contributed by atoms with van der Waals surface area (Å²) >= 11 is 0. The molecule has 0 saturated carbocycles. The average Bonchev–Trinajstić information content (AvgIpc) is 2.98. The molecule has 1 amide bonds. The molecule has 7 heteroatoms. The molecule has 0 radical (unpaired) electrons. The van der Waals surface area contributed by atoms with Crippen molar-refractivity contribution in [2.75, 3.05) is 73.0 Å². The predicted octanol–water partition coefficient (Wildman–Crippen LogP) is 0.880. The Morgan fingerprint density at radius 2 is 1.93 bits per heavy atom. The molecule has 0 aliphatic carbocycles. The lowest BCUT2D eigenvalue weighted by molar-refractivity contribution is -0.127. The second kappa shape index (κ2) is 11.9. The van der Waals surface area contributed by atoms with E-state index in [0.717, 1.165) is 58.2 Å². The number of nitrogens with zero attached hydrogens (tertiary/aromatic N) is 4. The van der Waals surface area contributed by atoms with Crippen molar-refractivity contribution in [2.45, 2.75) is 19.3 Å². The van der Waals surface area contributed by atoms with Crippen LogP contribution in [0.3, 0.4) is 0 Å². The van der Waals surface area contributed by atoms with Gasteiger partial charge in [0.15, 0.2) is 5.96 Å². The van der Waals surface area contributed by atoms with Crippen molar-refractivity contribution in [3.05, 3.63) is 35.9 Å². The quantitative estimate of drug-likeness (QED) is 0.488. The van der Waals surface area contributed by atoms with Crippen molar-refractivity contribution in [3.63, 3.8) is 0 Å². The van der Waals surface area contributed by atoms with Crippen molar-refractivity contribution in [1.82, 2.24) is 25.3 Å². The highest BCUT2D eigenvalue weighted by molar-refractivity contribution is 5.80. The van der Waals surface area contributed by atoms with Gasteiger partial charge in [0.25, 0.3) is 0 Å². The minimum Gasteiger partial charge on any atom is -0.356 e. The summed E-state index contributed by atoms with van der Waals surface area (Å²) in [5.41, 5.74) is 1.28. The zero-order valence-electron chi connectivity index (χ0n) is 18.6. The lowest BCUT2D eigenvalue weighted by Crippen LogP contribution is -2.43. The predicted molar refractivity (Wildman–Crippen MR) is 123 cm³/mol. The highest BCUT2D eigenvalue weighted by Gasteiger charge is 2.29. The van der Waals surface area contributed by atoms with Crippen LogP contribution in [-0.2, 0) is 11.2 Å². The van der Waals surface area contributed by atoms with Gasteiger partial charge in [0.05, 0.1) is 0 Å². The van der Waals surface area contributed by atoms with Crippen LogP contribution in [0.2, 0.25) is 0 Å². The Hall–Kier alpha value is -2.12. The summed E-state index contributed by atoms with van der Waals surface area (Å²) < 4.78 is 0. The Morgan fingerprint density at radius 1 is 1.10 bits per heavy atom. The van der Waals surface area contributed by atoms with E-state index in [1.165, 1.54) is 25.1 Å². The van der Waals surface area contributed by atoms with Crippen LogP contribution in [-0.4, -0.2) is 99.6 Å². The van der Waals surface area contributed by atoms with E-state index in [9.17, 15) is 4.79 Å². The maximum absolute atomic E-state index is 12.4. The summed E-state index contributed by atoms with van der Waals surface area (Å²) in [4.78, 5) is 23.6. The van der Waals surface area contributed by atoms with Crippen LogP contribution in [0.25, 0.3) is 0 Å². The first-order valence-electron chi connectivity index (χ1n) is 11.3. The Bertz CT molecular complexity index is 680. The second-order valence-corrected chi connectivity index (χ2v) is 8.52. The van der Waals surface area contributed by atoms with Gasteiger partial charge in [-0.25, -0.2) is 0 Å². The molecular weight excluding hydrogens is 376 g/mol. The molecule has 166 valence electrons. The normalized spacial score (nSPS) is 21.7. The van der Waals surface area contributed by atoms with Crippen LogP contribution in [0.15, 0.2) is 35.3 Å². The standard InChI is InChI=1S/C23H38N6O/c1-24-23(25-10-14-28-12-6-11-27(2)15-16-28)26-18-21-17-22(30)29(19-21)13-9-20-7-4-3-5-8-20/h3-5,7-8,21H,6,9-19H2,1-2H3,(H2,24,25,26). The number of carbonyl (C=O) groups is 1. The molecule has 0 aromatic heterocycles. The van der Waals surface area contributed by atoms with Crippen molar-refractivity contribution >= 4 is 11.9 Å². The van der Waals surface area contributed by atoms with Crippen molar-refractivity contribution < 1.29 is 4.79 Å². The number of aliphatic imine (C=N–C) groups is 1. The summed E-state index contributed by atoms with van der Waals surface area (Å²) in [7, 11) is 4.01. The van der Waals surface area contributed by atoms with E-state index >= 15 is 0 Å². The van der Waals surface area contributed by atoms with Gasteiger partial charge in [-0.1, -0.05) is 30.3 Å². The maximum Gasteiger partial charge on any atom is 0.223 e. The number of hydrogen-bond donors (Lipinski definition) is 2. The van der Waals surface area contributed by atoms with Gasteiger partial charge >= 0.3 is 0 Å². The summed E-state index contributed by atoms with van der Waals surface area (Å²) in [5.74, 6) is 1.44. The van der Waals surface area contributed by atoms with Crippen LogP contribution >= 0.6 is 0 Å². The number of hydrogen-bond acceptors (Lipinski definition) is 4. The smallest absolute Gasteiger partial charge is 0.223 e. The number of amides is 1. The molecule has 1 atom stereocenters. The van der Waals surface area contributed by atoms with Crippen molar-refractivity contribution in [2.24, 2.45) is 10.9 Å². The van der Waals surface area contributed by atoms with Gasteiger partial charge in [0.1, 0.15) is 0 Å². The second-order valence-electron chi connectivity index (χ2n) is 8.52. The molecular formula is C23H38N6O. The lowest BCUT2D eigenvalue weighted by Gasteiger charge is -2.21. The fourth-order valence-electron chi connectivity index (χ4n) is 4.23. The summed E-state index contributed by atoms with van der Waals surface area (Å²) in [5, 5.41) is 6.84. The van der Waals surface area contributed by atoms with Crippen LogP contribution in [0.1, 0.15) is 18.4 Å². The molecule has 7 nitrogen and oxygen atoms in total. The third-order valence-corrected chi connectivity index (χ3v) is 6.12. The van der Waals surface area contributed by atoms with E-state index in [-0.39, 0.29) is 5.91 Å². The van der Waals surface area contributed by atoms with Crippen LogP contribution in [0, 0.1) is 5.92 Å². The van der Waals surface area contributed by atoms with E-state index in [2.05, 4.69) is 56.7 Å². The Labute approximate surface area is 181 Å². The molecule has 2 fully saturated rings. The molecule has 0 bridgehead atoms. The number of nitrogens with one attached hydrogen (secondary N) is 2. The Kier molecular flexibility index (Phi) is 8.96. The zero-order chi connectivity index (χ0) is 21.2. The van der Waals surface area contributed by atoms with Crippen LogP contribution in [0.5, 0.6) is 0 Å². The molecule has 1 aromatic carbocycles. The van der Waals surface area contributed by atoms with Gasteiger partial charge in [-0.15, -0.1) is 0 Å². The minimum absolute atomic E-state index is 0.270. The number of benzene rings is 1. The summed E-state index contributed by atoms with van der Waals surface area (Å²) in [6, 6.07) is 10.4. The van der Waals surface area contributed by atoms with Gasteiger partial charge in [0.2, 0.25) is 5.91 Å². The number of guanidine groups is 1. The monoisotopic (exact) mass is 414 g/mol. The number of likely N-dealkylation sites (N-methyl/N-ethyl adjacent to an activating group) is 1.